The number of carbonyl (C=O) groups is 1. The monoisotopic (exact) mass is 487 g/mol. The minimum absolute atomic E-state index is 0.0726. The summed E-state index contributed by atoms with van der Waals surface area (Å²) < 4.78 is 36.7. The van der Waals surface area contributed by atoms with Crippen molar-refractivity contribution in [2.45, 2.75) is 18.9 Å². The smallest absolute Gasteiger partial charge is 0.289 e. The van der Waals surface area contributed by atoms with Gasteiger partial charge in [0.15, 0.2) is 5.76 Å². The lowest BCUT2D eigenvalue weighted by Gasteiger charge is -2.14. The first-order valence-corrected chi connectivity index (χ1v) is 13.1. The van der Waals surface area contributed by atoms with Gasteiger partial charge in [-0.3, -0.25) is 9.52 Å². The van der Waals surface area contributed by atoms with Crippen LogP contribution in [0.5, 0.6) is 5.75 Å². The lowest BCUT2D eigenvalue weighted by Crippen LogP contribution is -2.27. The van der Waals surface area contributed by atoms with E-state index in [1.54, 1.807) is 36.4 Å². The maximum Gasteiger partial charge on any atom is 0.289 e. The van der Waals surface area contributed by atoms with Gasteiger partial charge in [0.1, 0.15) is 17.9 Å². The molecule has 3 N–H and O–H groups in total. The van der Waals surface area contributed by atoms with E-state index in [0.29, 0.717) is 41.5 Å². The Bertz CT molecular complexity index is 1250. The van der Waals surface area contributed by atoms with Crippen LogP contribution in [0.1, 0.15) is 35.1 Å². The van der Waals surface area contributed by atoms with Crippen LogP contribution in [0.25, 0.3) is 11.0 Å². The standard InChI is InChI=1S/C24H29N3O6S/c1-34(30,31)26-19-6-4-5-17(13-19)21(28)16-25-9-12-32-20-8-7-18-14-23(33-22(18)15-20)24(29)27-10-2-3-11-27/h4-8,13-15,21,25-26,28H,2-3,9-12,16H2,1H3/t21-/m0/s1. The Balaban J connectivity index is 1.25. The van der Waals surface area contributed by atoms with Crippen LogP contribution in [0.4, 0.5) is 5.69 Å². The molecule has 1 aliphatic heterocycles. The lowest BCUT2D eigenvalue weighted by molar-refractivity contribution is 0.0763. The zero-order chi connectivity index (χ0) is 24.1. The molecule has 34 heavy (non-hydrogen) atoms. The Hall–Kier alpha value is -3.08. The first kappa shape index (κ1) is 24.1. The average Bonchev–Trinajstić information content (AvgIpc) is 3.47. The van der Waals surface area contributed by atoms with Crippen molar-refractivity contribution in [2.75, 3.05) is 43.8 Å². The second-order valence-electron chi connectivity index (χ2n) is 8.38. The zero-order valence-electron chi connectivity index (χ0n) is 19.0. The number of ether oxygens (including phenoxy) is 1. The van der Waals surface area contributed by atoms with Crippen LogP contribution in [0.15, 0.2) is 52.9 Å². The molecule has 0 radical (unpaired) electrons. The van der Waals surface area contributed by atoms with Crippen LogP contribution >= 0.6 is 0 Å². The van der Waals surface area contributed by atoms with Gasteiger partial charge in [0, 0.05) is 43.3 Å². The molecule has 1 amide bonds. The van der Waals surface area contributed by atoms with Gasteiger partial charge in [-0.2, -0.15) is 0 Å². The Kier molecular flexibility index (Phi) is 7.40. The van der Waals surface area contributed by atoms with E-state index in [2.05, 4.69) is 10.0 Å². The molecule has 182 valence electrons. The van der Waals surface area contributed by atoms with E-state index in [9.17, 15) is 18.3 Å². The summed E-state index contributed by atoms with van der Waals surface area (Å²) in [6.45, 7) is 2.69. The zero-order valence-corrected chi connectivity index (χ0v) is 19.8. The number of rotatable bonds is 10. The molecule has 1 aromatic heterocycles. The van der Waals surface area contributed by atoms with Gasteiger partial charge < -0.3 is 24.5 Å². The fraction of sp³-hybridized carbons (Fsp3) is 0.375. The molecule has 0 bridgehead atoms. The molecular weight excluding hydrogens is 458 g/mol. The maximum atomic E-state index is 12.5. The highest BCUT2D eigenvalue weighted by Crippen LogP contribution is 2.26. The summed E-state index contributed by atoms with van der Waals surface area (Å²) in [5, 5.41) is 14.4. The molecule has 0 saturated carbocycles. The minimum atomic E-state index is -3.38. The molecule has 10 heteroatoms. The predicted molar refractivity (Wildman–Crippen MR) is 130 cm³/mol. The fourth-order valence-corrected chi connectivity index (χ4v) is 4.46. The molecule has 1 saturated heterocycles. The topological polar surface area (TPSA) is 121 Å². The van der Waals surface area contributed by atoms with Gasteiger partial charge in [-0.05, 0) is 48.7 Å². The van der Waals surface area contributed by atoms with Crippen LogP contribution in [-0.4, -0.2) is 63.4 Å². The van der Waals surface area contributed by atoms with Crippen LogP contribution < -0.4 is 14.8 Å². The number of carbonyl (C=O) groups excluding carboxylic acids is 1. The van der Waals surface area contributed by atoms with E-state index in [4.69, 9.17) is 9.15 Å². The third kappa shape index (κ3) is 6.28. The fourth-order valence-electron chi connectivity index (χ4n) is 3.90. The van der Waals surface area contributed by atoms with Gasteiger partial charge in [-0.15, -0.1) is 0 Å². The van der Waals surface area contributed by atoms with Gasteiger partial charge in [0.2, 0.25) is 10.0 Å². The first-order valence-electron chi connectivity index (χ1n) is 11.2. The van der Waals surface area contributed by atoms with Crippen molar-refractivity contribution < 1.29 is 27.5 Å². The summed E-state index contributed by atoms with van der Waals surface area (Å²) in [5.74, 6) is 0.904. The van der Waals surface area contributed by atoms with Crippen molar-refractivity contribution >= 4 is 32.6 Å². The number of aliphatic hydroxyl groups excluding tert-OH is 1. The summed E-state index contributed by atoms with van der Waals surface area (Å²) in [6.07, 6.45) is 2.34. The van der Waals surface area contributed by atoms with Crippen LogP contribution in [0, 0.1) is 0 Å². The van der Waals surface area contributed by atoms with Gasteiger partial charge in [-0.25, -0.2) is 8.42 Å². The Morgan fingerprint density at radius 2 is 1.97 bits per heavy atom. The van der Waals surface area contributed by atoms with Crippen molar-refractivity contribution in [1.82, 2.24) is 10.2 Å². The number of furan rings is 1. The quantitative estimate of drug-likeness (QED) is 0.376. The number of hydrogen-bond acceptors (Lipinski definition) is 7. The number of amides is 1. The van der Waals surface area contributed by atoms with E-state index in [1.807, 2.05) is 17.0 Å². The molecule has 1 aliphatic rings. The number of nitrogens with zero attached hydrogens (tertiary/aromatic N) is 1. The summed E-state index contributed by atoms with van der Waals surface area (Å²) in [4.78, 5) is 14.3. The van der Waals surface area contributed by atoms with Crippen molar-refractivity contribution in [3.05, 3.63) is 59.9 Å². The highest BCUT2D eigenvalue weighted by Gasteiger charge is 2.22. The van der Waals surface area contributed by atoms with Gasteiger partial charge in [0.05, 0.1) is 12.4 Å². The molecule has 0 aliphatic carbocycles. The van der Waals surface area contributed by atoms with Crippen molar-refractivity contribution in [1.29, 1.82) is 0 Å². The Labute approximate surface area is 198 Å². The molecule has 2 heterocycles. The Morgan fingerprint density at radius 1 is 1.18 bits per heavy atom. The minimum Gasteiger partial charge on any atom is -0.492 e. The number of nitrogens with one attached hydrogen (secondary N) is 2. The number of hydrogen-bond donors (Lipinski definition) is 3. The third-order valence-corrected chi connectivity index (χ3v) is 6.16. The summed E-state index contributed by atoms with van der Waals surface area (Å²) in [5.41, 5.74) is 1.61. The van der Waals surface area contributed by atoms with Crippen molar-refractivity contribution in [3.8, 4) is 5.75 Å². The van der Waals surface area contributed by atoms with E-state index in [1.165, 1.54) is 0 Å². The lowest BCUT2D eigenvalue weighted by atomic mass is 10.1. The highest BCUT2D eigenvalue weighted by molar-refractivity contribution is 7.92. The second-order valence-corrected chi connectivity index (χ2v) is 10.1. The number of anilines is 1. The Morgan fingerprint density at radius 3 is 2.74 bits per heavy atom. The molecule has 9 nitrogen and oxygen atoms in total. The molecule has 2 aromatic carbocycles. The number of fused-ring (bicyclic) bond motifs is 1. The van der Waals surface area contributed by atoms with E-state index >= 15 is 0 Å². The number of aliphatic hydroxyl groups is 1. The van der Waals surface area contributed by atoms with Crippen LogP contribution in [0.3, 0.4) is 0 Å². The van der Waals surface area contributed by atoms with Gasteiger partial charge in [0.25, 0.3) is 5.91 Å². The first-order chi connectivity index (χ1) is 16.3. The summed E-state index contributed by atoms with van der Waals surface area (Å²) in [7, 11) is -3.38. The normalized spacial score (nSPS) is 14.9. The summed E-state index contributed by atoms with van der Waals surface area (Å²) in [6, 6.07) is 13.9. The van der Waals surface area contributed by atoms with Crippen molar-refractivity contribution in [2.24, 2.45) is 0 Å². The third-order valence-electron chi connectivity index (χ3n) is 5.56. The number of sulfonamides is 1. The molecule has 0 unspecified atom stereocenters. The highest BCUT2D eigenvalue weighted by atomic mass is 32.2. The molecule has 1 fully saturated rings. The van der Waals surface area contributed by atoms with E-state index < -0.39 is 16.1 Å². The molecule has 3 aromatic rings. The predicted octanol–water partition coefficient (Wildman–Crippen LogP) is 2.74. The SMILES string of the molecule is CS(=O)(=O)Nc1cccc([C@@H](O)CNCCOc2ccc3cc(C(=O)N4CCCC4)oc3c2)c1. The van der Waals surface area contributed by atoms with Gasteiger partial charge >= 0.3 is 0 Å². The molecular formula is C24H29N3O6S. The maximum absolute atomic E-state index is 12.5. The van der Waals surface area contributed by atoms with Crippen LogP contribution in [-0.2, 0) is 10.0 Å². The largest absolute Gasteiger partial charge is 0.492 e. The summed E-state index contributed by atoms with van der Waals surface area (Å²) >= 11 is 0. The average molecular weight is 488 g/mol. The van der Waals surface area contributed by atoms with Crippen LogP contribution in [0.2, 0.25) is 0 Å². The molecule has 4 rings (SSSR count). The van der Waals surface area contributed by atoms with E-state index in [-0.39, 0.29) is 12.5 Å². The van der Waals surface area contributed by atoms with Crippen molar-refractivity contribution in [3.63, 3.8) is 0 Å². The molecule has 1 atom stereocenters. The number of likely N-dealkylation sites (tertiary alicyclic amines) is 1. The number of benzene rings is 2. The second kappa shape index (κ2) is 10.5. The van der Waals surface area contributed by atoms with Gasteiger partial charge in [-0.1, -0.05) is 12.1 Å². The van der Waals surface area contributed by atoms with E-state index in [0.717, 1.165) is 37.6 Å². The molecule has 0 spiro atoms.